The third-order valence-corrected chi connectivity index (χ3v) is 9.70. The number of anilines is 1. The van der Waals surface area contributed by atoms with Crippen molar-refractivity contribution < 1.29 is 18.0 Å². The van der Waals surface area contributed by atoms with E-state index < -0.39 is 34.1 Å². The SMILES string of the molecule is Cc1ccccc1CN(C(=O)CN(c1ccc(Cl)c(Cl)c1)S(=O)(=O)c1ccccc1)[C@H](Cc1ccccc1)C(=O)NC(C)(C)C. The zero-order valence-electron chi connectivity index (χ0n) is 25.7. The molecule has 7 nitrogen and oxygen atoms in total. The predicted molar refractivity (Wildman–Crippen MR) is 181 cm³/mol. The number of amides is 2. The van der Waals surface area contributed by atoms with Crippen LogP contribution in [0.3, 0.4) is 0 Å². The number of rotatable bonds is 11. The lowest BCUT2D eigenvalue weighted by Gasteiger charge is -2.35. The summed E-state index contributed by atoms with van der Waals surface area (Å²) in [5.74, 6) is -0.908. The van der Waals surface area contributed by atoms with E-state index in [0.717, 1.165) is 21.0 Å². The Bertz CT molecular complexity index is 1740. The number of benzene rings is 4. The fourth-order valence-electron chi connectivity index (χ4n) is 4.87. The fraction of sp³-hybridized carbons (Fsp3) is 0.257. The third kappa shape index (κ3) is 8.87. The number of hydrogen-bond donors (Lipinski definition) is 1. The van der Waals surface area contributed by atoms with Gasteiger partial charge in [0.15, 0.2) is 0 Å². The van der Waals surface area contributed by atoms with E-state index in [1.54, 1.807) is 18.2 Å². The number of carbonyl (C=O) groups is 2. The predicted octanol–water partition coefficient (Wildman–Crippen LogP) is 7.05. The Morgan fingerprint density at radius 3 is 2.02 bits per heavy atom. The molecule has 1 atom stereocenters. The second-order valence-electron chi connectivity index (χ2n) is 11.8. The van der Waals surface area contributed by atoms with E-state index in [-0.39, 0.29) is 39.5 Å². The summed E-state index contributed by atoms with van der Waals surface area (Å²) in [7, 11) is -4.24. The van der Waals surface area contributed by atoms with E-state index in [1.807, 2.05) is 82.3 Å². The van der Waals surface area contributed by atoms with Gasteiger partial charge in [-0.05, 0) is 74.7 Å². The van der Waals surface area contributed by atoms with Gasteiger partial charge in [-0.15, -0.1) is 0 Å². The van der Waals surface area contributed by atoms with Crippen molar-refractivity contribution in [1.82, 2.24) is 10.2 Å². The van der Waals surface area contributed by atoms with Crippen LogP contribution in [-0.2, 0) is 32.6 Å². The number of carbonyl (C=O) groups excluding carboxylic acids is 2. The molecule has 2 amide bonds. The van der Waals surface area contributed by atoms with Gasteiger partial charge in [0.2, 0.25) is 11.8 Å². The molecule has 4 rings (SSSR count). The number of hydrogen-bond acceptors (Lipinski definition) is 4. The maximum Gasteiger partial charge on any atom is 0.264 e. The van der Waals surface area contributed by atoms with Crippen LogP contribution in [0.5, 0.6) is 0 Å². The van der Waals surface area contributed by atoms with Crippen molar-refractivity contribution in [3.63, 3.8) is 0 Å². The lowest BCUT2D eigenvalue weighted by atomic mass is 10.00. The van der Waals surface area contributed by atoms with E-state index in [1.165, 1.54) is 35.2 Å². The second-order valence-corrected chi connectivity index (χ2v) is 14.5. The molecule has 0 radical (unpaired) electrons. The van der Waals surface area contributed by atoms with E-state index in [4.69, 9.17) is 23.2 Å². The number of aryl methyl sites for hydroxylation is 1. The molecule has 236 valence electrons. The maximum atomic E-state index is 14.6. The van der Waals surface area contributed by atoms with Crippen molar-refractivity contribution in [2.24, 2.45) is 0 Å². The van der Waals surface area contributed by atoms with Crippen LogP contribution in [0.15, 0.2) is 108 Å². The zero-order chi connectivity index (χ0) is 32.8. The molecule has 0 aliphatic carbocycles. The minimum atomic E-state index is -4.24. The molecule has 0 saturated carbocycles. The summed E-state index contributed by atoms with van der Waals surface area (Å²) < 4.78 is 29.2. The largest absolute Gasteiger partial charge is 0.350 e. The van der Waals surface area contributed by atoms with Crippen molar-refractivity contribution in [3.8, 4) is 0 Å². The number of nitrogens with zero attached hydrogens (tertiary/aromatic N) is 2. The van der Waals surface area contributed by atoms with Crippen LogP contribution in [0.2, 0.25) is 10.0 Å². The van der Waals surface area contributed by atoms with Gasteiger partial charge >= 0.3 is 0 Å². The van der Waals surface area contributed by atoms with Crippen molar-refractivity contribution in [2.45, 2.75) is 57.1 Å². The molecule has 1 N–H and O–H groups in total. The first kappa shape index (κ1) is 34.0. The Balaban J connectivity index is 1.84. The van der Waals surface area contributed by atoms with Crippen LogP contribution in [0, 0.1) is 6.92 Å². The molecular weight excluding hydrogens is 629 g/mol. The summed E-state index contributed by atoms with van der Waals surface area (Å²) in [6, 6.07) is 28.3. The van der Waals surface area contributed by atoms with Crippen molar-refractivity contribution in [2.75, 3.05) is 10.8 Å². The van der Waals surface area contributed by atoms with Crippen molar-refractivity contribution in [1.29, 1.82) is 0 Å². The molecule has 0 bridgehead atoms. The van der Waals surface area contributed by atoms with Gasteiger partial charge in [0.05, 0.1) is 20.6 Å². The third-order valence-electron chi connectivity index (χ3n) is 7.17. The average molecular weight is 667 g/mol. The zero-order valence-corrected chi connectivity index (χ0v) is 28.0. The van der Waals surface area contributed by atoms with Crippen LogP contribution in [0.1, 0.15) is 37.5 Å². The molecule has 10 heteroatoms. The number of sulfonamides is 1. The lowest BCUT2D eigenvalue weighted by Crippen LogP contribution is -2.56. The highest BCUT2D eigenvalue weighted by atomic mass is 35.5. The standard InChI is InChI=1S/C35H37Cl2N3O4S/c1-25-13-11-12-16-27(25)23-39(32(34(42)38-35(2,3)4)21-26-14-7-5-8-15-26)33(41)24-40(28-19-20-30(36)31(37)22-28)45(43,44)29-17-9-6-10-18-29/h5-20,22,32H,21,23-24H2,1-4H3,(H,38,42)/t32-/m1/s1. The van der Waals surface area contributed by atoms with Gasteiger partial charge in [-0.1, -0.05) is 96.0 Å². The number of halogens is 2. The highest BCUT2D eigenvalue weighted by Gasteiger charge is 2.36. The Hall–Kier alpha value is -3.85. The molecular formula is C35H37Cl2N3O4S. The van der Waals surface area contributed by atoms with Crippen LogP contribution in [0.25, 0.3) is 0 Å². The molecule has 4 aromatic rings. The normalized spacial score (nSPS) is 12.3. The Morgan fingerprint density at radius 2 is 1.42 bits per heavy atom. The Morgan fingerprint density at radius 1 is 0.822 bits per heavy atom. The first-order valence-electron chi connectivity index (χ1n) is 14.5. The molecule has 0 heterocycles. The van der Waals surface area contributed by atoms with Gasteiger partial charge in [0.1, 0.15) is 12.6 Å². The van der Waals surface area contributed by atoms with Gasteiger partial charge in [-0.25, -0.2) is 8.42 Å². The smallest absolute Gasteiger partial charge is 0.264 e. The van der Waals surface area contributed by atoms with Crippen molar-refractivity contribution >= 4 is 50.7 Å². The fourth-order valence-corrected chi connectivity index (χ4v) is 6.59. The quantitative estimate of drug-likeness (QED) is 0.186. The van der Waals surface area contributed by atoms with Gasteiger partial charge < -0.3 is 10.2 Å². The maximum absolute atomic E-state index is 14.6. The van der Waals surface area contributed by atoms with E-state index in [9.17, 15) is 18.0 Å². The minimum absolute atomic E-state index is 0.000590. The van der Waals surface area contributed by atoms with Gasteiger partial charge in [-0.3, -0.25) is 13.9 Å². The monoisotopic (exact) mass is 665 g/mol. The summed E-state index contributed by atoms with van der Waals surface area (Å²) in [6.07, 6.45) is 0.221. The first-order chi connectivity index (χ1) is 21.3. The molecule has 0 unspecified atom stereocenters. The molecule has 0 saturated heterocycles. The van der Waals surface area contributed by atoms with E-state index >= 15 is 0 Å². The molecule has 45 heavy (non-hydrogen) atoms. The highest BCUT2D eigenvalue weighted by Crippen LogP contribution is 2.31. The summed E-state index contributed by atoms with van der Waals surface area (Å²) in [4.78, 5) is 30.0. The molecule has 0 aliphatic rings. The molecule has 4 aromatic carbocycles. The van der Waals surface area contributed by atoms with Gasteiger partial charge in [-0.2, -0.15) is 0 Å². The summed E-state index contributed by atoms with van der Waals surface area (Å²) in [6.45, 7) is 7.04. The van der Waals surface area contributed by atoms with Crippen LogP contribution in [0.4, 0.5) is 5.69 Å². The van der Waals surface area contributed by atoms with E-state index in [2.05, 4.69) is 5.32 Å². The van der Waals surface area contributed by atoms with Crippen LogP contribution in [-0.4, -0.2) is 43.3 Å². The Labute approximate surface area is 275 Å². The summed E-state index contributed by atoms with van der Waals surface area (Å²) >= 11 is 12.5. The lowest BCUT2D eigenvalue weighted by molar-refractivity contribution is -0.140. The highest BCUT2D eigenvalue weighted by molar-refractivity contribution is 7.92. The minimum Gasteiger partial charge on any atom is -0.350 e. The number of nitrogens with one attached hydrogen (secondary N) is 1. The molecule has 0 spiro atoms. The summed E-state index contributed by atoms with van der Waals surface area (Å²) in [5.41, 5.74) is 2.21. The Kier molecular flexibility index (Phi) is 11.0. The topological polar surface area (TPSA) is 86.8 Å². The summed E-state index contributed by atoms with van der Waals surface area (Å²) in [5, 5.41) is 3.41. The van der Waals surface area contributed by atoms with E-state index in [0.29, 0.717) is 0 Å². The van der Waals surface area contributed by atoms with Crippen LogP contribution < -0.4 is 9.62 Å². The first-order valence-corrected chi connectivity index (χ1v) is 16.7. The van der Waals surface area contributed by atoms with Gasteiger partial charge in [0, 0.05) is 18.5 Å². The van der Waals surface area contributed by atoms with Crippen LogP contribution >= 0.6 is 23.2 Å². The molecule has 0 aliphatic heterocycles. The average Bonchev–Trinajstić information content (AvgIpc) is 3.00. The molecule has 0 aromatic heterocycles. The van der Waals surface area contributed by atoms with Gasteiger partial charge in [0.25, 0.3) is 10.0 Å². The second kappa shape index (κ2) is 14.5. The molecule has 0 fully saturated rings. The van der Waals surface area contributed by atoms with Crippen molar-refractivity contribution in [3.05, 3.63) is 130 Å².